The van der Waals surface area contributed by atoms with Gasteiger partial charge in [0.25, 0.3) is 0 Å². The van der Waals surface area contributed by atoms with Crippen LogP contribution in [0.3, 0.4) is 0 Å². The van der Waals surface area contributed by atoms with Gasteiger partial charge in [0.15, 0.2) is 0 Å². The number of ether oxygens (including phenoxy) is 1. The summed E-state index contributed by atoms with van der Waals surface area (Å²) in [5.74, 6) is -1.57. The molecule has 1 aliphatic heterocycles. The van der Waals surface area contributed by atoms with Gasteiger partial charge in [0.1, 0.15) is 17.9 Å². The van der Waals surface area contributed by atoms with Crippen molar-refractivity contribution in [2.75, 3.05) is 26.0 Å². The van der Waals surface area contributed by atoms with Crippen LogP contribution in [0.15, 0.2) is 42.5 Å². The van der Waals surface area contributed by atoms with Crippen LogP contribution < -0.4 is 4.72 Å². The number of hydrogen-bond donors (Lipinski definition) is 1. The highest BCUT2D eigenvalue weighted by Gasteiger charge is 2.48. The summed E-state index contributed by atoms with van der Waals surface area (Å²) in [7, 11) is 0. The fraction of sp³-hybridized carbons (Fsp3) is 0.435. The van der Waals surface area contributed by atoms with Crippen molar-refractivity contribution >= 4 is 17.3 Å². The molecule has 1 saturated heterocycles. The molecule has 5 atom stereocenters. The quantitative estimate of drug-likeness (QED) is 0.714. The third-order valence-electron chi connectivity index (χ3n) is 5.94. The molecule has 2 fully saturated rings. The normalized spacial score (nSPS) is 26.9. The molecule has 166 valence electrons. The SMILES string of the molecule is C[C@H]1COCC(N[S+](C)[O-])CN1C(=O)[C@@H]1C[C@H]1c1ccccc1-c1c(F)cccc1F. The monoisotopic (exact) mass is 448 g/mol. The highest BCUT2D eigenvalue weighted by molar-refractivity contribution is 7.88. The standard InChI is InChI=1S/C23H26F2N2O3S/c1-14-12-30-13-15(26-31(2)29)11-27(14)23(28)19-10-18(19)16-6-3-4-7-17(16)22-20(24)8-5-9-21(22)25/h3-9,14-15,18-19,26H,10-13H2,1-2H3/t14-,15?,18-,19+,31?/m0/s1. The number of nitrogens with zero attached hydrogens (tertiary/aromatic N) is 1. The van der Waals surface area contributed by atoms with Crippen LogP contribution in [0.4, 0.5) is 8.78 Å². The summed E-state index contributed by atoms with van der Waals surface area (Å²) in [6.45, 7) is 3.14. The van der Waals surface area contributed by atoms with E-state index in [0.29, 0.717) is 31.7 Å². The van der Waals surface area contributed by atoms with Crippen molar-refractivity contribution in [1.29, 1.82) is 0 Å². The Morgan fingerprint density at radius 3 is 2.58 bits per heavy atom. The molecule has 1 amide bonds. The van der Waals surface area contributed by atoms with Crippen LogP contribution in [0.25, 0.3) is 11.1 Å². The molecule has 0 bridgehead atoms. The third-order valence-corrected chi connectivity index (χ3v) is 6.61. The highest BCUT2D eigenvalue weighted by atomic mass is 32.2. The van der Waals surface area contributed by atoms with Gasteiger partial charge in [0, 0.05) is 23.8 Å². The van der Waals surface area contributed by atoms with Gasteiger partial charge in [-0.2, -0.15) is 0 Å². The number of nitrogens with one attached hydrogen (secondary N) is 1. The summed E-state index contributed by atoms with van der Waals surface area (Å²) in [5, 5.41) is 0. The van der Waals surface area contributed by atoms with Crippen LogP contribution in [0.2, 0.25) is 0 Å². The third kappa shape index (κ3) is 4.77. The van der Waals surface area contributed by atoms with E-state index in [0.717, 1.165) is 5.56 Å². The van der Waals surface area contributed by atoms with Crippen molar-refractivity contribution in [1.82, 2.24) is 9.62 Å². The average Bonchev–Trinajstić information content (AvgIpc) is 3.53. The fourth-order valence-corrected chi connectivity index (χ4v) is 4.99. The molecule has 0 aromatic heterocycles. The minimum absolute atomic E-state index is 0.000457. The molecule has 4 rings (SSSR count). The molecule has 31 heavy (non-hydrogen) atoms. The second kappa shape index (κ2) is 9.24. The predicted octanol–water partition coefficient (Wildman–Crippen LogP) is 3.23. The van der Waals surface area contributed by atoms with Crippen LogP contribution in [0, 0.1) is 17.6 Å². The lowest BCUT2D eigenvalue weighted by Gasteiger charge is -2.29. The zero-order valence-corrected chi connectivity index (χ0v) is 18.3. The zero-order chi connectivity index (χ0) is 22.1. The first-order valence-electron chi connectivity index (χ1n) is 10.4. The zero-order valence-electron chi connectivity index (χ0n) is 17.5. The average molecular weight is 449 g/mol. The van der Waals surface area contributed by atoms with Crippen molar-refractivity contribution in [3.05, 3.63) is 59.7 Å². The smallest absolute Gasteiger partial charge is 0.226 e. The summed E-state index contributed by atoms with van der Waals surface area (Å²) in [6, 6.07) is 10.6. The summed E-state index contributed by atoms with van der Waals surface area (Å²) >= 11 is -1.21. The Hall–Kier alpha value is -2.00. The van der Waals surface area contributed by atoms with Crippen molar-refractivity contribution in [3.63, 3.8) is 0 Å². The Labute approximate surface area is 184 Å². The van der Waals surface area contributed by atoms with E-state index >= 15 is 0 Å². The highest BCUT2D eigenvalue weighted by Crippen LogP contribution is 2.51. The van der Waals surface area contributed by atoms with Gasteiger partial charge in [-0.15, -0.1) is 4.72 Å². The number of amides is 1. The van der Waals surface area contributed by atoms with Gasteiger partial charge < -0.3 is 14.2 Å². The molecule has 5 nitrogen and oxygen atoms in total. The largest absolute Gasteiger partial charge is 0.598 e. The van der Waals surface area contributed by atoms with Crippen molar-refractivity contribution in [3.8, 4) is 11.1 Å². The molecule has 2 unspecified atom stereocenters. The lowest BCUT2D eigenvalue weighted by atomic mass is 9.95. The maximum absolute atomic E-state index is 14.4. The van der Waals surface area contributed by atoms with Crippen molar-refractivity contribution < 1.29 is 22.9 Å². The molecule has 1 saturated carbocycles. The van der Waals surface area contributed by atoms with Crippen molar-refractivity contribution in [2.24, 2.45) is 5.92 Å². The Kier molecular flexibility index (Phi) is 6.62. The van der Waals surface area contributed by atoms with Crippen molar-refractivity contribution in [2.45, 2.75) is 31.3 Å². The Morgan fingerprint density at radius 1 is 1.16 bits per heavy atom. The van der Waals surface area contributed by atoms with Crippen LogP contribution in [0.5, 0.6) is 0 Å². The first kappa shape index (κ1) is 22.2. The molecular weight excluding hydrogens is 422 g/mol. The molecule has 2 aromatic carbocycles. The second-order valence-corrected chi connectivity index (χ2v) is 9.42. The Balaban J connectivity index is 1.56. The number of carbonyl (C=O) groups excluding carboxylic acids is 1. The topological polar surface area (TPSA) is 64.6 Å². The molecule has 0 spiro atoms. The minimum Gasteiger partial charge on any atom is -0.598 e. The first-order chi connectivity index (χ1) is 14.9. The van der Waals surface area contributed by atoms with E-state index in [9.17, 15) is 18.1 Å². The summed E-state index contributed by atoms with van der Waals surface area (Å²) in [5.41, 5.74) is 1.22. The number of carbonyl (C=O) groups is 1. The van der Waals surface area contributed by atoms with Gasteiger partial charge >= 0.3 is 0 Å². The van der Waals surface area contributed by atoms with E-state index in [2.05, 4.69) is 4.72 Å². The molecule has 0 radical (unpaired) electrons. The second-order valence-electron chi connectivity index (χ2n) is 8.28. The summed E-state index contributed by atoms with van der Waals surface area (Å²) in [6.07, 6.45) is 2.18. The van der Waals surface area contributed by atoms with E-state index in [1.807, 2.05) is 19.1 Å². The maximum Gasteiger partial charge on any atom is 0.226 e. The van der Waals surface area contributed by atoms with Crippen LogP contribution in [0.1, 0.15) is 24.8 Å². The molecule has 8 heteroatoms. The molecule has 2 aliphatic rings. The van der Waals surface area contributed by atoms with Gasteiger partial charge in [-0.3, -0.25) is 4.79 Å². The fourth-order valence-electron chi connectivity index (χ4n) is 4.38. The molecule has 1 aliphatic carbocycles. The minimum atomic E-state index is -1.21. The van der Waals surface area contributed by atoms with E-state index in [1.54, 1.807) is 23.3 Å². The molecular formula is C23H26F2N2O3S. The molecule has 2 aromatic rings. The van der Waals surface area contributed by atoms with Gasteiger partial charge in [-0.1, -0.05) is 30.3 Å². The predicted molar refractivity (Wildman–Crippen MR) is 116 cm³/mol. The van der Waals surface area contributed by atoms with E-state index in [4.69, 9.17) is 4.74 Å². The summed E-state index contributed by atoms with van der Waals surface area (Å²) in [4.78, 5) is 15.1. The Bertz CT molecular complexity index is 938. The van der Waals surface area contributed by atoms with E-state index < -0.39 is 23.0 Å². The number of rotatable bonds is 5. The van der Waals surface area contributed by atoms with Gasteiger partial charge in [0.05, 0.1) is 30.9 Å². The lowest BCUT2D eigenvalue weighted by molar-refractivity contribution is -0.135. The van der Waals surface area contributed by atoms with Gasteiger partial charge in [-0.25, -0.2) is 8.78 Å². The number of halogens is 2. The number of benzene rings is 2. The van der Waals surface area contributed by atoms with Crippen LogP contribution >= 0.6 is 0 Å². The van der Waals surface area contributed by atoms with Gasteiger partial charge in [0.2, 0.25) is 5.91 Å². The molecule has 1 N–H and O–H groups in total. The molecule has 1 heterocycles. The van der Waals surface area contributed by atoms with E-state index in [-0.39, 0.29) is 35.4 Å². The lowest BCUT2D eigenvalue weighted by Crippen LogP contribution is -2.49. The van der Waals surface area contributed by atoms with Crippen LogP contribution in [-0.2, 0) is 20.9 Å². The van der Waals surface area contributed by atoms with E-state index in [1.165, 1.54) is 18.2 Å². The number of hydrogen-bond acceptors (Lipinski definition) is 4. The van der Waals surface area contributed by atoms with Crippen LogP contribution in [-0.4, -0.2) is 53.5 Å². The summed E-state index contributed by atoms with van der Waals surface area (Å²) < 4.78 is 49.0. The van der Waals surface area contributed by atoms with Gasteiger partial charge in [-0.05, 0) is 42.5 Å². The first-order valence-corrected chi connectivity index (χ1v) is 11.9. The Morgan fingerprint density at radius 2 is 1.87 bits per heavy atom. The maximum atomic E-state index is 14.4.